The number of pyridine rings is 1. The number of aliphatic imine (C=N–C) groups is 1. The number of allylic oxidation sites excluding steroid dienone is 9. The van der Waals surface area contributed by atoms with Crippen LogP contribution < -0.4 is 0 Å². The number of hydrogen-bond acceptors (Lipinski definition) is 2. The van der Waals surface area contributed by atoms with E-state index in [1.165, 1.54) is 49.7 Å². The van der Waals surface area contributed by atoms with Crippen LogP contribution in [0.4, 0.5) is 0 Å². The summed E-state index contributed by atoms with van der Waals surface area (Å²) in [6.45, 7) is 0. The molecule has 2 aromatic carbocycles. The average Bonchev–Trinajstić information content (AvgIpc) is 3.40. The third-order valence-corrected chi connectivity index (χ3v) is 9.12. The molecule has 0 saturated heterocycles. The largest absolute Gasteiger partial charge is 0.298 e. The first kappa shape index (κ1) is 21.4. The Kier molecular flexibility index (Phi) is 4.40. The third-order valence-electron chi connectivity index (χ3n) is 9.12. The van der Waals surface area contributed by atoms with E-state index in [0.717, 1.165) is 48.4 Å². The van der Waals surface area contributed by atoms with Gasteiger partial charge in [-0.1, -0.05) is 85.0 Å². The molecule has 4 aromatic rings. The van der Waals surface area contributed by atoms with Crippen LogP contribution in [0.1, 0.15) is 58.8 Å². The highest BCUT2D eigenvalue weighted by atomic mass is 15.1. The molecule has 2 aromatic heterocycles. The molecule has 39 heavy (non-hydrogen) atoms. The number of aromatic nitrogens is 2. The van der Waals surface area contributed by atoms with E-state index in [1.807, 2.05) is 0 Å². The van der Waals surface area contributed by atoms with E-state index in [9.17, 15) is 0 Å². The molecular weight excluding hydrogens is 474 g/mol. The second-order valence-electron chi connectivity index (χ2n) is 11.2. The fourth-order valence-electron chi connectivity index (χ4n) is 7.29. The van der Waals surface area contributed by atoms with Gasteiger partial charge in [-0.15, -0.1) is 0 Å². The van der Waals surface area contributed by atoms with Gasteiger partial charge >= 0.3 is 0 Å². The monoisotopic (exact) mass is 501 g/mol. The maximum Gasteiger partial charge on any atom is 0.137 e. The van der Waals surface area contributed by atoms with Crippen molar-refractivity contribution in [1.82, 2.24) is 9.38 Å². The minimum absolute atomic E-state index is 0.111. The molecule has 9 rings (SSSR count). The van der Waals surface area contributed by atoms with Gasteiger partial charge in [-0.05, 0) is 87.6 Å². The number of nitrogens with zero attached hydrogens (tertiary/aromatic N) is 3. The first-order valence-electron chi connectivity index (χ1n) is 14.1. The summed E-state index contributed by atoms with van der Waals surface area (Å²) in [5.74, 6) is 0.202. The van der Waals surface area contributed by atoms with Crippen LogP contribution in [-0.2, 0) is 6.42 Å². The topological polar surface area (TPSA) is 29.7 Å². The summed E-state index contributed by atoms with van der Waals surface area (Å²) < 4.78 is 2.23. The Morgan fingerprint density at radius 2 is 1.74 bits per heavy atom. The lowest BCUT2D eigenvalue weighted by molar-refractivity contribution is 0.684. The van der Waals surface area contributed by atoms with Crippen LogP contribution in [-0.4, -0.2) is 21.1 Å². The Morgan fingerprint density at radius 1 is 0.846 bits per heavy atom. The third kappa shape index (κ3) is 3.04. The fraction of sp³-hybridized carbons (Fsp3) is 0.167. The molecule has 4 aliphatic carbocycles. The summed E-state index contributed by atoms with van der Waals surface area (Å²) in [5, 5.41) is 2.83. The zero-order chi connectivity index (χ0) is 25.5. The zero-order valence-electron chi connectivity index (χ0n) is 21.6. The number of benzene rings is 2. The minimum Gasteiger partial charge on any atom is -0.298 e. The molecule has 3 heterocycles. The summed E-state index contributed by atoms with van der Waals surface area (Å²) in [5.41, 5.74) is 14.4. The van der Waals surface area contributed by atoms with Gasteiger partial charge in [0.15, 0.2) is 0 Å². The van der Waals surface area contributed by atoms with Crippen LogP contribution in [0.3, 0.4) is 0 Å². The van der Waals surface area contributed by atoms with Crippen molar-refractivity contribution in [1.29, 1.82) is 0 Å². The van der Waals surface area contributed by atoms with E-state index in [1.54, 1.807) is 0 Å². The highest BCUT2D eigenvalue weighted by molar-refractivity contribution is 6.14. The number of imidazole rings is 1. The summed E-state index contributed by atoms with van der Waals surface area (Å²) in [7, 11) is 0. The van der Waals surface area contributed by atoms with Crippen molar-refractivity contribution in [2.24, 2.45) is 4.99 Å². The first-order valence-corrected chi connectivity index (χ1v) is 14.1. The van der Waals surface area contributed by atoms with Crippen LogP contribution in [0.5, 0.6) is 0 Å². The van der Waals surface area contributed by atoms with E-state index in [0.29, 0.717) is 0 Å². The van der Waals surface area contributed by atoms with Crippen molar-refractivity contribution < 1.29 is 0 Å². The quantitative estimate of drug-likeness (QED) is 0.273. The molecule has 0 saturated carbocycles. The maximum absolute atomic E-state index is 5.32. The molecule has 0 fully saturated rings. The van der Waals surface area contributed by atoms with Crippen molar-refractivity contribution in [3.05, 3.63) is 136 Å². The highest BCUT2D eigenvalue weighted by Crippen LogP contribution is 2.44. The second-order valence-corrected chi connectivity index (χ2v) is 11.2. The van der Waals surface area contributed by atoms with Crippen LogP contribution in [0.25, 0.3) is 33.6 Å². The Balaban J connectivity index is 1.17. The fourth-order valence-corrected chi connectivity index (χ4v) is 7.29. The molecule has 3 nitrogen and oxygen atoms in total. The normalized spacial score (nSPS) is 22.3. The van der Waals surface area contributed by atoms with Crippen LogP contribution in [0, 0.1) is 0 Å². The summed E-state index contributed by atoms with van der Waals surface area (Å²) >= 11 is 0. The molecule has 0 bridgehead atoms. The molecule has 2 unspecified atom stereocenters. The van der Waals surface area contributed by atoms with Crippen LogP contribution in [0.15, 0.2) is 108 Å². The number of fused-ring (bicyclic) bond motifs is 5. The summed E-state index contributed by atoms with van der Waals surface area (Å²) in [6.07, 6.45) is 26.7. The first-order chi connectivity index (χ1) is 19.3. The van der Waals surface area contributed by atoms with Crippen molar-refractivity contribution in [2.45, 2.75) is 37.6 Å². The van der Waals surface area contributed by atoms with Gasteiger partial charge in [-0.3, -0.25) is 9.39 Å². The summed E-state index contributed by atoms with van der Waals surface area (Å²) in [6, 6.07) is 15.6. The lowest BCUT2D eigenvalue weighted by Crippen LogP contribution is -2.27. The summed E-state index contributed by atoms with van der Waals surface area (Å²) in [4.78, 5) is 10.4. The Morgan fingerprint density at radius 3 is 2.69 bits per heavy atom. The van der Waals surface area contributed by atoms with Gasteiger partial charge in [0.1, 0.15) is 5.65 Å². The van der Waals surface area contributed by atoms with E-state index < -0.39 is 0 Å². The Hall–Kier alpha value is -4.50. The van der Waals surface area contributed by atoms with Crippen molar-refractivity contribution >= 4 is 39.4 Å². The van der Waals surface area contributed by atoms with Crippen LogP contribution in [0.2, 0.25) is 0 Å². The average molecular weight is 502 g/mol. The van der Waals surface area contributed by atoms with Gasteiger partial charge in [0.25, 0.3) is 0 Å². The smallest absolute Gasteiger partial charge is 0.137 e. The van der Waals surface area contributed by atoms with Crippen LogP contribution >= 0.6 is 0 Å². The zero-order valence-corrected chi connectivity index (χ0v) is 21.6. The van der Waals surface area contributed by atoms with Gasteiger partial charge in [0, 0.05) is 12.1 Å². The molecule has 2 atom stereocenters. The SMILES string of the molecule is C1=CC2N=C(C3=CC=C(c4ccc5ccc6c7c5c4CC=C7CC=C6)CC3)c3c(nc4ccccn34)C2C=C1. The van der Waals surface area contributed by atoms with E-state index in [4.69, 9.17) is 9.98 Å². The lowest BCUT2D eigenvalue weighted by atomic mass is 9.78. The maximum atomic E-state index is 5.32. The molecule has 0 amide bonds. The van der Waals surface area contributed by atoms with Gasteiger partial charge in [0.05, 0.1) is 23.1 Å². The molecule has 0 spiro atoms. The predicted octanol–water partition coefficient (Wildman–Crippen LogP) is 8.03. The van der Waals surface area contributed by atoms with E-state index in [2.05, 4.69) is 108 Å². The number of rotatable bonds is 2. The minimum atomic E-state index is 0.111. The van der Waals surface area contributed by atoms with Gasteiger partial charge in [-0.25, -0.2) is 4.98 Å². The molecule has 0 N–H and O–H groups in total. The van der Waals surface area contributed by atoms with Crippen molar-refractivity contribution in [2.75, 3.05) is 0 Å². The molecule has 3 heteroatoms. The highest BCUT2D eigenvalue weighted by Gasteiger charge is 2.34. The molecule has 1 aliphatic heterocycles. The lowest BCUT2D eigenvalue weighted by Gasteiger charge is -2.29. The van der Waals surface area contributed by atoms with Crippen molar-refractivity contribution in [3.63, 3.8) is 0 Å². The number of hydrogen-bond donors (Lipinski definition) is 0. The second kappa shape index (κ2) is 8.00. The van der Waals surface area contributed by atoms with Gasteiger partial charge in [0.2, 0.25) is 0 Å². The Bertz CT molecular complexity index is 1970. The molecule has 5 aliphatic rings. The molecular formula is C36H27N3. The Labute approximate surface area is 227 Å². The van der Waals surface area contributed by atoms with Gasteiger partial charge in [-0.2, -0.15) is 0 Å². The molecule has 0 radical (unpaired) electrons. The van der Waals surface area contributed by atoms with E-state index in [-0.39, 0.29) is 12.0 Å². The van der Waals surface area contributed by atoms with Gasteiger partial charge < -0.3 is 0 Å². The predicted molar refractivity (Wildman–Crippen MR) is 161 cm³/mol. The van der Waals surface area contributed by atoms with Crippen molar-refractivity contribution in [3.8, 4) is 0 Å². The van der Waals surface area contributed by atoms with E-state index >= 15 is 0 Å². The standard InChI is InChI=1S/C36H27N3/c1-2-9-30-29(8-1)35-36(39-21-4-3-10-31(39)38-35)34(37-30)26-15-11-22(12-16-26)27-19-17-25-14-13-23-6-5-7-24-18-20-28(27)33(25)32(23)24/h1-6,8-11,13-15,17-19,21,29-30H,7,12,16,20H2. The molecule has 186 valence electrons.